The van der Waals surface area contributed by atoms with Crippen LogP contribution in [-0.2, 0) is 6.18 Å². The molecule has 1 aromatic carbocycles. The third-order valence-corrected chi connectivity index (χ3v) is 4.97. The van der Waals surface area contributed by atoms with E-state index in [0.29, 0.717) is 11.4 Å². The Morgan fingerprint density at radius 1 is 1.07 bits per heavy atom. The molecule has 1 saturated carbocycles. The van der Waals surface area contributed by atoms with E-state index < -0.39 is 23.0 Å². The van der Waals surface area contributed by atoms with Crippen LogP contribution in [0.25, 0.3) is 11.3 Å². The van der Waals surface area contributed by atoms with Crippen molar-refractivity contribution in [3.05, 3.63) is 79.8 Å². The van der Waals surface area contributed by atoms with Crippen LogP contribution in [-0.4, -0.2) is 20.2 Å². The van der Waals surface area contributed by atoms with Crippen molar-refractivity contribution in [2.24, 2.45) is 0 Å². The van der Waals surface area contributed by atoms with Gasteiger partial charge in [0.1, 0.15) is 5.69 Å². The van der Waals surface area contributed by atoms with E-state index in [4.69, 9.17) is 0 Å². The number of alkyl halides is 3. The number of aromatic nitrogens is 4. The van der Waals surface area contributed by atoms with E-state index in [2.05, 4.69) is 20.2 Å². The summed E-state index contributed by atoms with van der Waals surface area (Å²) < 4.78 is 38.2. The highest BCUT2D eigenvalue weighted by atomic mass is 19.4. The first-order valence-electron chi connectivity index (χ1n) is 8.58. The molecule has 2 heterocycles. The van der Waals surface area contributed by atoms with E-state index in [0.717, 1.165) is 29.7 Å². The summed E-state index contributed by atoms with van der Waals surface area (Å²) in [6, 6.07) is 6.94. The maximum absolute atomic E-state index is 12.7. The molecular weight excluding hydrogens is 373 g/mol. The predicted molar refractivity (Wildman–Crippen MR) is 95.0 cm³/mol. The quantitative estimate of drug-likeness (QED) is 0.721. The van der Waals surface area contributed by atoms with Crippen LogP contribution in [0, 0.1) is 6.92 Å². The molecule has 2 N–H and O–H groups in total. The van der Waals surface area contributed by atoms with Crippen LogP contribution in [0.4, 0.5) is 13.2 Å². The number of nitrogens with one attached hydrogen (secondary N) is 2. The minimum atomic E-state index is -4.36. The van der Waals surface area contributed by atoms with Crippen LogP contribution in [0.2, 0.25) is 0 Å². The monoisotopic (exact) mass is 388 g/mol. The molecule has 9 heteroatoms. The van der Waals surface area contributed by atoms with Crippen LogP contribution in [0.3, 0.4) is 0 Å². The SMILES string of the molecule is Cc1nnc(-c2c[nH]c(=O)[nH]c2=O)cc1[C@H]1C[C@@H]1c1ccc(C(F)(F)F)cc1. The van der Waals surface area contributed by atoms with Crippen LogP contribution in [0.1, 0.15) is 40.6 Å². The Kier molecular flexibility index (Phi) is 4.17. The zero-order valence-corrected chi connectivity index (χ0v) is 14.7. The van der Waals surface area contributed by atoms with Crippen molar-refractivity contribution >= 4 is 0 Å². The predicted octanol–water partition coefficient (Wildman–Crippen LogP) is 3.12. The van der Waals surface area contributed by atoms with E-state index >= 15 is 0 Å². The first-order chi connectivity index (χ1) is 13.2. The standard InChI is InChI=1S/C19H15F3N4O2/c1-9-12(7-16(26-25-9)15-8-23-18(28)24-17(15)27)14-6-13(14)10-2-4-11(5-3-10)19(20,21)22/h2-5,7-8,13-14H,6H2,1H3,(H2,23,24,27,28)/t13-,14-/m1/s1. The van der Waals surface area contributed by atoms with Gasteiger partial charge >= 0.3 is 11.9 Å². The van der Waals surface area contributed by atoms with Crippen molar-refractivity contribution in [2.45, 2.75) is 31.4 Å². The number of hydrogen-bond acceptors (Lipinski definition) is 4. The van der Waals surface area contributed by atoms with Crippen molar-refractivity contribution < 1.29 is 13.2 Å². The topological polar surface area (TPSA) is 91.5 Å². The molecule has 4 rings (SSSR count). The second-order valence-electron chi connectivity index (χ2n) is 6.82. The Bertz CT molecular complexity index is 1150. The minimum absolute atomic E-state index is 0.0897. The first kappa shape index (κ1) is 18.1. The molecule has 1 fully saturated rings. The molecule has 3 aromatic rings. The fourth-order valence-electron chi connectivity index (χ4n) is 3.40. The van der Waals surface area contributed by atoms with E-state index in [1.807, 2.05) is 0 Å². The molecule has 0 bridgehead atoms. The van der Waals surface area contributed by atoms with Gasteiger partial charge in [-0.1, -0.05) is 12.1 Å². The maximum Gasteiger partial charge on any atom is 0.416 e. The Morgan fingerprint density at radius 2 is 1.79 bits per heavy atom. The normalized spacial score (nSPS) is 18.9. The summed E-state index contributed by atoms with van der Waals surface area (Å²) in [6.45, 7) is 1.80. The van der Waals surface area contributed by atoms with Crippen molar-refractivity contribution in [3.63, 3.8) is 0 Å². The number of benzene rings is 1. The molecule has 2 aromatic heterocycles. The summed E-state index contributed by atoms with van der Waals surface area (Å²) in [7, 11) is 0. The summed E-state index contributed by atoms with van der Waals surface area (Å²) in [5.41, 5.74) is 1.09. The van der Waals surface area contributed by atoms with Gasteiger partial charge in [-0.2, -0.15) is 18.3 Å². The van der Waals surface area contributed by atoms with Gasteiger partial charge in [0.25, 0.3) is 5.56 Å². The molecule has 144 valence electrons. The van der Waals surface area contributed by atoms with Gasteiger partial charge in [0, 0.05) is 6.20 Å². The van der Waals surface area contributed by atoms with E-state index in [9.17, 15) is 22.8 Å². The zero-order chi connectivity index (χ0) is 20.1. The summed E-state index contributed by atoms with van der Waals surface area (Å²) in [4.78, 5) is 27.7. The molecule has 0 unspecified atom stereocenters. The van der Waals surface area contributed by atoms with Gasteiger partial charge in [-0.3, -0.25) is 9.78 Å². The number of halogens is 3. The number of aryl methyl sites for hydroxylation is 1. The molecule has 1 aliphatic rings. The van der Waals surface area contributed by atoms with Crippen molar-refractivity contribution in [2.75, 3.05) is 0 Å². The molecule has 6 nitrogen and oxygen atoms in total. The second-order valence-corrected chi connectivity index (χ2v) is 6.82. The Labute approximate surface area is 156 Å². The molecule has 0 saturated heterocycles. The van der Waals surface area contributed by atoms with Gasteiger partial charge in [-0.25, -0.2) is 4.79 Å². The number of H-pyrrole nitrogens is 2. The van der Waals surface area contributed by atoms with Crippen molar-refractivity contribution in [1.29, 1.82) is 0 Å². The summed E-state index contributed by atoms with van der Waals surface area (Å²) in [5, 5.41) is 8.14. The average molecular weight is 388 g/mol. The molecule has 1 aliphatic carbocycles. The lowest BCUT2D eigenvalue weighted by molar-refractivity contribution is -0.137. The minimum Gasteiger partial charge on any atom is -0.313 e. The highest BCUT2D eigenvalue weighted by Crippen LogP contribution is 2.55. The summed E-state index contributed by atoms with van der Waals surface area (Å²) in [6.07, 6.45) is -2.30. The highest BCUT2D eigenvalue weighted by molar-refractivity contribution is 5.58. The largest absolute Gasteiger partial charge is 0.416 e. The highest BCUT2D eigenvalue weighted by Gasteiger charge is 2.41. The summed E-state index contributed by atoms with van der Waals surface area (Å²) >= 11 is 0. The lowest BCUT2D eigenvalue weighted by atomic mass is 10.0. The zero-order valence-electron chi connectivity index (χ0n) is 14.7. The van der Waals surface area contributed by atoms with E-state index in [1.54, 1.807) is 13.0 Å². The number of hydrogen-bond donors (Lipinski definition) is 2. The van der Waals surface area contributed by atoms with E-state index in [-0.39, 0.29) is 17.4 Å². The van der Waals surface area contributed by atoms with Gasteiger partial charge in [-0.05, 0) is 54.5 Å². The van der Waals surface area contributed by atoms with Gasteiger partial charge in [0.05, 0.1) is 16.8 Å². The van der Waals surface area contributed by atoms with Gasteiger partial charge in [-0.15, -0.1) is 5.10 Å². The van der Waals surface area contributed by atoms with Crippen molar-refractivity contribution in [3.8, 4) is 11.3 Å². The molecule has 0 radical (unpaired) electrons. The van der Waals surface area contributed by atoms with Crippen LogP contribution in [0.5, 0.6) is 0 Å². The molecule has 2 atom stereocenters. The average Bonchev–Trinajstić information content (AvgIpc) is 3.42. The Morgan fingerprint density at radius 3 is 2.43 bits per heavy atom. The second kappa shape index (κ2) is 6.43. The maximum atomic E-state index is 12.7. The number of rotatable bonds is 3. The lowest BCUT2D eigenvalue weighted by Gasteiger charge is -2.09. The third kappa shape index (κ3) is 3.35. The molecular formula is C19H15F3N4O2. The molecule has 28 heavy (non-hydrogen) atoms. The van der Waals surface area contributed by atoms with Crippen LogP contribution in [0.15, 0.2) is 46.1 Å². The van der Waals surface area contributed by atoms with Gasteiger partial charge in [0.2, 0.25) is 0 Å². The Balaban J connectivity index is 1.62. The summed E-state index contributed by atoms with van der Waals surface area (Å²) in [5.74, 6) is 0.180. The third-order valence-electron chi connectivity index (χ3n) is 4.97. The van der Waals surface area contributed by atoms with Crippen LogP contribution < -0.4 is 11.2 Å². The molecule has 0 amide bonds. The first-order valence-corrected chi connectivity index (χ1v) is 8.58. The van der Waals surface area contributed by atoms with Gasteiger partial charge < -0.3 is 4.98 Å². The van der Waals surface area contributed by atoms with Gasteiger partial charge in [0.15, 0.2) is 0 Å². The Hall–Kier alpha value is -3.23. The number of nitrogens with zero attached hydrogens (tertiary/aromatic N) is 2. The fourth-order valence-corrected chi connectivity index (χ4v) is 3.40. The molecule has 0 aliphatic heterocycles. The van der Waals surface area contributed by atoms with Crippen molar-refractivity contribution in [1.82, 2.24) is 20.2 Å². The smallest absolute Gasteiger partial charge is 0.313 e. The molecule has 0 spiro atoms. The number of aromatic amines is 2. The lowest BCUT2D eigenvalue weighted by Crippen LogP contribution is -2.23. The fraction of sp³-hybridized carbons (Fsp3) is 0.263. The van der Waals surface area contributed by atoms with E-state index in [1.165, 1.54) is 18.3 Å². The van der Waals surface area contributed by atoms with Crippen LogP contribution >= 0.6 is 0 Å².